The lowest BCUT2D eigenvalue weighted by atomic mass is 10.1. The van der Waals surface area contributed by atoms with Gasteiger partial charge in [0.25, 0.3) is 0 Å². The Morgan fingerprint density at radius 3 is 2.52 bits per heavy atom. The Morgan fingerprint density at radius 2 is 1.87 bits per heavy atom. The van der Waals surface area contributed by atoms with E-state index in [1.54, 1.807) is 0 Å². The Morgan fingerprint density at radius 1 is 1.13 bits per heavy atom. The molecule has 0 aliphatic heterocycles. The molecule has 5 nitrogen and oxygen atoms in total. The predicted molar refractivity (Wildman–Crippen MR) is 92.4 cm³/mol. The van der Waals surface area contributed by atoms with Crippen LogP contribution in [0.3, 0.4) is 0 Å². The second kappa shape index (κ2) is 8.19. The minimum absolute atomic E-state index is 0.145. The number of nitrogens with one attached hydrogen (secondary N) is 2. The number of carbonyl (C=O) groups is 1. The van der Waals surface area contributed by atoms with Crippen molar-refractivity contribution < 1.29 is 9.90 Å². The standard InChI is InChI=1S/C18H23N3O2/c1-21(2)16-10-6-7-14(11-16)12-19-18(23)20-17(13-22)15-8-4-3-5-9-15/h3-11,17,22H,12-13H2,1-2H3,(H2,19,20,23). The van der Waals surface area contributed by atoms with E-state index in [0.717, 1.165) is 16.8 Å². The molecular weight excluding hydrogens is 290 g/mol. The van der Waals surface area contributed by atoms with E-state index in [2.05, 4.69) is 10.6 Å². The quantitative estimate of drug-likeness (QED) is 0.766. The lowest BCUT2D eigenvalue weighted by molar-refractivity contribution is 0.216. The van der Waals surface area contributed by atoms with Crippen molar-refractivity contribution in [2.24, 2.45) is 0 Å². The van der Waals surface area contributed by atoms with Gasteiger partial charge in [-0.25, -0.2) is 4.79 Å². The molecule has 0 heterocycles. The van der Waals surface area contributed by atoms with Crippen molar-refractivity contribution in [3.63, 3.8) is 0 Å². The molecule has 2 aromatic carbocycles. The molecule has 0 bridgehead atoms. The van der Waals surface area contributed by atoms with Gasteiger partial charge in [-0.15, -0.1) is 0 Å². The van der Waals surface area contributed by atoms with Gasteiger partial charge in [0.15, 0.2) is 0 Å². The fourth-order valence-corrected chi connectivity index (χ4v) is 2.26. The number of nitrogens with zero attached hydrogens (tertiary/aromatic N) is 1. The van der Waals surface area contributed by atoms with Crippen molar-refractivity contribution in [3.8, 4) is 0 Å². The number of rotatable bonds is 6. The zero-order chi connectivity index (χ0) is 16.7. The third-order valence-electron chi connectivity index (χ3n) is 3.57. The minimum atomic E-state index is -0.413. The zero-order valence-corrected chi connectivity index (χ0v) is 13.5. The Balaban J connectivity index is 1.90. The number of amides is 2. The highest BCUT2D eigenvalue weighted by Crippen LogP contribution is 2.14. The maximum absolute atomic E-state index is 12.0. The van der Waals surface area contributed by atoms with Crippen LogP contribution in [0.2, 0.25) is 0 Å². The van der Waals surface area contributed by atoms with Gasteiger partial charge in [-0.2, -0.15) is 0 Å². The summed E-state index contributed by atoms with van der Waals surface area (Å²) in [6.45, 7) is 0.286. The van der Waals surface area contributed by atoms with Gasteiger partial charge in [0.1, 0.15) is 0 Å². The van der Waals surface area contributed by atoms with Crippen molar-refractivity contribution in [2.45, 2.75) is 12.6 Å². The molecule has 0 aromatic heterocycles. The Kier molecular flexibility index (Phi) is 6.00. The molecule has 0 saturated carbocycles. The topological polar surface area (TPSA) is 64.6 Å². The summed E-state index contributed by atoms with van der Waals surface area (Å²) in [6.07, 6.45) is 0. The lowest BCUT2D eigenvalue weighted by Crippen LogP contribution is -2.38. The predicted octanol–water partition coefficient (Wildman–Crippen LogP) is 2.29. The largest absolute Gasteiger partial charge is 0.394 e. The van der Waals surface area contributed by atoms with Gasteiger partial charge in [0.2, 0.25) is 0 Å². The second-order valence-corrected chi connectivity index (χ2v) is 5.54. The van der Waals surface area contributed by atoms with Gasteiger partial charge in [-0.1, -0.05) is 42.5 Å². The van der Waals surface area contributed by atoms with E-state index in [1.807, 2.05) is 73.6 Å². The first-order valence-electron chi connectivity index (χ1n) is 7.56. The van der Waals surface area contributed by atoms with E-state index in [-0.39, 0.29) is 12.6 Å². The molecule has 0 radical (unpaired) electrons. The van der Waals surface area contributed by atoms with Gasteiger partial charge >= 0.3 is 6.03 Å². The van der Waals surface area contributed by atoms with Crippen LogP contribution in [0, 0.1) is 0 Å². The van der Waals surface area contributed by atoms with E-state index in [9.17, 15) is 9.90 Å². The molecule has 0 spiro atoms. The number of urea groups is 1. The van der Waals surface area contributed by atoms with E-state index in [0.29, 0.717) is 6.54 Å². The molecule has 122 valence electrons. The van der Waals surface area contributed by atoms with Crippen LogP contribution in [0.5, 0.6) is 0 Å². The molecule has 1 unspecified atom stereocenters. The summed E-state index contributed by atoms with van der Waals surface area (Å²) in [6, 6.07) is 16.7. The summed E-state index contributed by atoms with van der Waals surface area (Å²) in [5.41, 5.74) is 2.98. The normalized spacial score (nSPS) is 11.6. The fourth-order valence-electron chi connectivity index (χ4n) is 2.26. The Bertz CT molecular complexity index is 629. The van der Waals surface area contributed by atoms with Crippen molar-refractivity contribution in [1.82, 2.24) is 10.6 Å². The van der Waals surface area contributed by atoms with Gasteiger partial charge < -0.3 is 20.6 Å². The Hall–Kier alpha value is -2.53. The highest BCUT2D eigenvalue weighted by molar-refractivity contribution is 5.74. The molecule has 0 fully saturated rings. The molecule has 23 heavy (non-hydrogen) atoms. The van der Waals surface area contributed by atoms with Crippen LogP contribution in [0.15, 0.2) is 54.6 Å². The van der Waals surface area contributed by atoms with Crippen molar-refractivity contribution >= 4 is 11.7 Å². The monoisotopic (exact) mass is 313 g/mol. The van der Waals surface area contributed by atoms with Gasteiger partial charge in [0, 0.05) is 26.3 Å². The van der Waals surface area contributed by atoms with Crippen molar-refractivity contribution in [1.29, 1.82) is 0 Å². The maximum atomic E-state index is 12.0. The van der Waals surface area contributed by atoms with E-state index >= 15 is 0 Å². The van der Waals surface area contributed by atoms with Crippen LogP contribution in [0.1, 0.15) is 17.2 Å². The van der Waals surface area contributed by atoms with Crippen LogP contribution >= 0.6 is 0 Å². The third kappa shape index (κ3) is 5.00. The van der Waals surface area contributed by atoms with Gasteiger partial charge in [0.05, 0.1) is 12.6 Å². The molecule has 5 heteroatoms. The second-order valence-electron chi connectivity index (χ2n) is 5.54. The number of benzene rings is 2. The maximum Gasteiger partial charge on any atom is 0.315 e. The average molecular weight is 313 g/mol. The van der Waals surface area contributed by atoms with Crippen molar-refractivity contribution in [3.05, 3.63) is 65.7 Å². The van der Waals surface area contributed by atoms with E-state index < -0.39 is 6.04 Å². The molecule has 2 amide bonds. The van der Waals surface area contributed by atoms with Gasteiger partial charge in [-0.05, 0) is 23.3 Å². The number of hydrogen-bond acceptors (Lipinski definition) is 3. The summed E-state index contributed by atoms with van der Waals surface area (Å²) in [7, 11) is 3.95. The molecular formula is C18H23N3O2. The molecule has 0 saturated heterocycles. The molecule has 2 rings (SSSR count). The van der Waals surface area contributed by atoms with Crippen LogP contribution in [-0.2, 0) is 6.54 Å². The van der Waals surface area contributed by atoms with Crippen LogP contribution in [0.4, 0.5) is 10.5 Å². The van der Waals surface area contributed by atoms with Crippen molar-refractivity contribution in [2.75, 3.05) is 25.6 Å². The number of anilines is 1. The molecule has 0 aliphatic rings. The number of aliphatic hydroxyl groups excluding tert-OH is 1. The smallest absolute Gasteiger partial charge is 0.315 e. The molecule has 2 aromatic rings. The molecule has 1 atom stereocenters. The van der Waals surface area contributed by atoms with E-state index in [1.165, 1.54) is 0 Å². The minimum Gasteiger partial charge on any atom is -0.394 e. The fraction of sp³-hybridized carbons (Fsp3) is 0.278. The molecule has 0 aliphatic carbocycles. The van der Waals surface area contributed by atoms with Crippen LogP contribution in [-0.4, -0.2) is 31.8 Å². The summed E-state index contributed by atoms with van der Waals surface area (Å²) in [5.74, 6) is 0. The SMILES string of the molecule is CN(C)c1cccc(CNC(=O)NC(CO)c2ccccc2)c1. The summed E-state index contributed by atoms with van der Waals surface area (Å²) >= 11 is 0. The first-order valence-corrected chi connectivity index (χ1v) is 7.56. The number of hydrogen-bond donors (Lipinski definition) is 3. The highest BCUT2D eigenvalue weighted by atomic mass is 16.3. The van der Waals surface area contributed by atoms with Crippen LogP contribution in [0.25, 0.3) is 0 Å². The van der Waals surface area contributed by atoms with Crippen LogP contribution < -0.4 is 15.5 Å². The number of carbonyl (C=O) groups excluding carboxylic acids is 1. The number of aliphatic hydroxyl groups is 1. The first kappa shape index (κ1) is 16.8. The van der Waals surface area contributed by atoms with Gasteiger partial charge in [-0.3, -0.25) is 0 Å². The zero-order valence-electron chi connectivity index (χ0n) is 13.5. The summed E-state index contributed by atoms with van der Waals surface area (Å²) < 4.78 is 0. The first-order chi connectivity index (χ1) is 11.1. The third-order valence-corrected chi connectivity index (χ3v) is 3.57. The Labute approximate surface area is 136 Å². The lowest BCUT2D eigenvalue weighted by Gasteiger charge is -2.18. The molecule has 3 N–H and O–H groups in total. The highest BCUT2D eigenvalue weighted by Gasteiger charge is 2.12. The van der Waals surface area contributed by atoms with E-state index in [4.69, 9.17) is 0 Å². The average Bonchev–Trinajstić information content (AvgIpc) is 2.59. The summed E-state index contributed by atoms with van der Waals surface area (Å²) in [4.78, 5) is 14.0. The summed E-state index contributed by atoms with van der Waals surface area (Å²) in [5, 5.41) is 15.1.